The molecule has 140 valence electrons. The summed E-state index contributed by atoms with van der Waals surface area (Å²) in [5, 5.41) is 14.9. The van der Waals surface area contributed by atoms with E-state index >= 15 is 0 Å². The summed E-state index contributed by atoms with van der Waals surface area (Å²) in [4.78, 5) is 14.3. The number of H-pyrrole nitrogens is 1. The molecule has 0 radical (unpaired) electrons. The molecule has 7 nitrogen and oxygen atoms in total. The Kier molecular flexibility index (Phi) is 4.43. The van der Waals surface area contributed by atoms with E-state index in [1.165, 1.54) is 12.1 Å². The average molecular weight is 372 g/mol. The van der Waals surface area contributed by atoms with Gasteiger partial charge in [0.2, 0.25) is 5.91 Å². The lowest BCUT2D eigenvalue weighted by Crippen LogP contribution is -2.36. The molecule has 1 N–H and O–H groups in total. The standard InChI is InChI=1S/C18H18F2N6O/c1-25-10-21-23-15(25)5-6-16(27)26-8-7-14-12(9-26)18(24-22-14)11-3-2-4-13(19)17(11)20/h2-4,10H,5-9H2,1H3,(H,22,24). The van der Waals surface area contributed by atoms with Gasteiger partial charge in [0.1, 0.15) is 17.8 Å². The van der Waals surface area contributed by atoms with E-state index in [0.29, 0.717) is 38.0 Å². The highest BCUT2D eigenvalue weighted by Crippen LogP contribution is 2.31. The van der Waals surface area contributed by atoms with Crippen molar-refractivity contribution in [1.82, 2.24) is 29.9 Å². The van der Waals surface area contributed by atoms with Gasteiger partial charge in [0.15, 0.2) is 11.6 Å². The van der Waals surface area contributed by atoms with E-state index in [-0.39, 0.29) is 11.5 Å². The molecule has 1 aliphatic heterocycles. The van der Waals surface area contributed by atoms with Gasteiger partial charge in [-0.3, -0.25) is 9.89 Å². The number of carbonyl (C=O) groups excluding carboxylic acids is 1. The van der Waals surface area contributed by atoms with Crippen LogP contribution in [0.15, 0.2) is 24.5 Å². The van der Waals surface area contributed by atoms with Crippen LogP contribution in [0.3, 0.4) is 0 Å². The molecule has 0 unspecified atom stereocenters. The van der Waals surface area contributed by atoms with E-state index in [9.17, 15) is 13.6 Å². The van der Waals surface area contributed by atoms with Crippen molar-refractivity contribution >= 4 is 5.91 Å². The van der Waals surface area contributed by atoms with Crippen molar-refractivity contribution in [2.75, 3.05) is 6.54 Å². The first kappa shape index (κ1) is 17.3. The van der Waals surface area contributed by atoms with Gasteiger partial charge >= 0.3 is 0 Å². The molecular formula is C18H18F2N6O. The average Bonchev–Trinajstić information content (AvgIpc) is 3.27. The van der Waals surface area contributed by atoms with E-state index in [1.54, 1.807) is 15.8 Å². The van der Waals surface area contributed by atoms with Crippen molar-refractivity contribution in [1.29, 1.82) is 0 Å². The summed E-state index contributed by atoms with van der Waals surface area (Å²) in [6, 6.07) is 4.01. The Hall–Kier alpha value is -3.10. The van der Waals surface area contributed by atoms with Crippen LogP contribution in [0.5, 0.6) is 0 Å². The van der Waals surface area contributed by atoms with Gasteiger partial charge < -0.3 is 9.47 Å². The summed E-state index contributed by atoms with van der Waals surface area (Å²) in [6.45, 7) is 0.868. The second kappa shape index (κ2) is 6.90. The van der Waals surface area contributed by atoms with Crippen molar-refractivity contribution in [2.45, 2.75) is 25.8 Å². The maximum Gasteiger partial charge on any atom is 0.223 e. The smallest absolute Gasteiger partial charge is 0.223 e. The summed E-state index contributed by atoms with van der Waals surface area (Å²) in [5.74, 6) is -1.13. The normalized spacial score (nSPS) is 13.7. The molecule has 1 aliphatic rings. The molecule has 3 heterocycles. The van der Waals surface area contributed by atoms with Crippen molar-refractivity contribution < 1.29 is 13.6 Å². The fraction of sp³-hybridized carbons (Fsp3) is 0.333. The minimum Gasteiger partial charge on any atom is -0.338 e. The number of carbonyl (C=O) groups is 1. The minimum absolute atomic E-state index is 0.0180. The van der Waals surface area contributed by atoms with Gasteiger partial charge in [0.05, 0.1) is 0 Å². The maximum absolute atomic E-state index is 14.2. The number of aryl methyl sites for hydroxylation is 2. The van der Waals surface area contributed by atoms with Crippen LogP contribution in [-0.2, 0) is 31.2 Å². The van der Waals surface area contributed by atoms with Crippen LogP contribution in [0, 0.1) is 11.6 Å². The Morgan fingerprint density at radius 1 is 1.33 bits per heavy atom. The third-order valence-corrected chi connectivity index (χ3v) is 4.86. The molecule has 1 aromatic carbocycles. The van der Waals surface area contributed by atoms with E-state index < -0.39 is 11.6 Å². The van der Waals surface area contributed by atoms with Gasteiger partial charge in [-0.05, 0) is 12.1 Å². The number of halogens is 2. The fourth-order valence-corrected chi connectivity index (χ4v) is 3.33. The number of nitrogens with one attached hydrogen (secondary N) is 1. The summed E-state index contributed by atoms with van der Waals surface area (Å²) in [5.41, 5.74) is 2.04. The third kappa shape index (κ3) is 3.20. The predicted molar refractivity (Wildman–Crippen MR) is 92.4 cm³/mol. The number of nitrogens with zero attached hydrogens (tertiary/aromatic N) is 5. The Labute approximate surface area is 154 Å². The molecule has 4 rings (SSSR count). The van der Waals surface area contributed by atoms with E-state index in [0.717, 1.165) is 23.1 Å². The number of hydrogen-bond donors (Lipinski definition) is 1. The molecule has 1 amide bonds. The minimum atomic E-state index is -0.933. The number of aromatic amines is 1. The number of amides is 1. The summed E-state index contributed by atoms with van der Waals surface area (Å²) < 4.78 is 29.5. The number of benzene rings is 1. The monoisotopic (exact) mass is 372 g/mol. The van der Waals surface area contributed by atoms with Gasteiger partial charge in [-0.1, -0.05) is 6.07 Å². The van der Waals surface area contributed by atoms with Crippen LogP contribution >= 0.6 is 0 Å². The lowest BCUT2D eigenvalue weighted by molar-refractivity contribution is -0.132. The second-order valence-corrected chi connectivity index (χ2v) is 6.55. The first-order valence-electron chi connectivity index (χ1n) is 8.65. The Morgan fingerprint density at radius 3 is 2.96 bits per heavy atom. The van der Waals surface area contributed by atoms with Crippen molar-refractivity contribution in [2.24, 2.45) is 7.05 Å². The van der Waals surface area contributed by atoms with Crippen LogP contribution in [0.2, 0.25) is 0 Å². The van der Waals surface area contributed by atoms with Crippen molar-refractivity contribution in [3.63, 3.8) is 0 Å². The number of rotatable bonds is 4. The Bertz CT molecular complexity index is 996. The zero-order valence-electron chi connectivity index (χ0n) is 14.7. The lowest BCUT2D eigenvalue weighted by atomic mass is 10.00. The van der Waals surface area contributed by atoms with Crippen LogP contribution in [0.4, 0.5) is 8.78 Å². The summed E-state index contributed by atoms with van der Waals surface area (Å²) in [6.07, 6.45) is 2.99. The molecule has 9 heteroatoms. The maximum atomic E-state index is 14.2. The number of hydrogen-bond acceptors (Lipinski definition) is 4. The van der Waals surface area contributed by atoms with Gasteiger partial charge in [-0.2, -0.15) is 5.10 Å². The molecule has 0 fully saturated rings. The summed E-state index contributed by atoms with van der Waals surface area (Å²) in [7, 11) is 1.83. The Morgan fingerprint density at radius 2 is 2.19 bits per heavy atom. The first-order chi connectivity index (χ1) is 13.0. The highest BCUT2D eigenvalue weighted by atomic mass is 19.2. The molecule has 0 bridgehead atoms. The van der Waals surface area contributed by atoms with E-state index in [1.807, 2.05) is 7.05 Å². The highest BCUT2D eigenvalue weighted by Gasteiger charge is 2.27. The lowest BCUT2D eigenvalue weighted by Gasteiger charge is -2.27. The van der Waals surface area contributed by atoms with Crippen LogP contribution in [0.25, 0.3) is 11.3 Å². The Balaban J connectivity index is 1.52. The molecule has 27 heavy (non-hydrogen) atoms. The zero-order valence-corrected chi connectivity index (χ0v) is 14.7. The largest absolute Gasteiger partial charge is 0.338 e. The van der Waals surface area contributed by atoms with Crippen LogP contribution < -0.4 is 0 Å². The van der Waals surface area contributed by atoms with Crippen LogP contribution in [-0.4, -0.2) is 42.3 Å². The molecular weight excluding hydrogens is 354 g/mol. The molecule has 0 aliphatic carbocycles. The fourth-order valence-electron chi connectivity index (χ4n) is 3.33. The van der Waals surface area contributed by atoms with Gasteiger partial charge in [0, 0.05) is 56.2 Å². The molecule has 0 saturated carbocycles. The van der Waals surface area contributed by atoms with E-state index in [2.05, 4.69) is 20.4 Å². The molecule has 0 saturated heterocycles. The molecule has 0 spiro atoms. The van der Waals surface area contributed by atoms with Crippen molar-refractivity contribution in [3.05, 3.63) is 53.2 Å². The van der Waals surface area contributed by atoms with Crippen LogP contribution in [0.1, 0.15) is 23.5 Å². The topological polar surface area (TPSA) is 79.7 Å². The van der Waals surface area contributed by atoms with Crippen molar-refractivity contribution in [3.8, 4) is 11.3 Å². The van der Waals surface area contributed by atoms with E-state index in [4.69, 9.17) is 0 Å². The van der Waals surface area contributed by atoms with Gasteiger partial charge in [-0.25, -0.2) is 8.78 Å². The highest BCUT2D eigenvalue weighted by molar-refractivity contribution is 5.77. The third-order valence-electron chi connectivity index (χ3n) is 4.86. The number of aromatic nitrogens is 5. The first-order valence-corrected chi connectivity index (χ1v) is 8.65. The second-order valence-electron chi connectivity index (χ2n) is 6.55. The number of fused-ring (bicyclic) bond motifs is 1. The molecule has 3 aromatic rings. The predicted octanol–water partition coefficient (Wildman–Crippen LogP) is 2.00. The zero-order chi connectivity index (χ0) is 19.0. The quantitative estimate of drug-likeness (QED) is 0.760. The SMILES string of the molecule is Cn1cnnc1CCC(=O)N1CCc2[nH]nc(-c3cccc(F)c3F)c2C1. The summed E-state index contributed by atoms with van der Waals surface area (Å²) >= 11 is 0. The molecule has 2 aromatic heterocycles. The van der Waals surface area contributed by atoms with Gasteiger partial charge in [-0.15, -0.1) is 10.2 Å². The molecule has 0 atom stereocenters. The van der Waals surface area contributed by atoms with Gasteiger partial charge in [0.25, 0.3) is 0 Å².